The van der Waals surface area contributed by atoms with Gasteiger partial charge in [0.05, 0.1) is 6.61 Å². The summed E-state index contributed by atoms with van der Waals surface area (Å²) in [5.74, 6) is 1.53. The minimum absolute atomic E-state index is 0.0556. The van der Waals surface area contributed by atoms with Crippen molar-refractivity contribution in [1.82, 2.24) is 9.78 Å². The van der Waals surface area contributed by atoms with Crippen LogP contribution in [0.15, 0.2) is 52.9 Å². The number of hydrogen-bond acceptors (Lipinski definition) is 6. The minimum Gasteiger partial charge on any atom is -0.494 e. The molecule has 0 fully saturated rings. The van der Waals surface area contributed by atoms with Crippen molar-refractivity contribution in [3.8, 4) is 11.5 Å². The molecule has 0 saturated heterocycles. The predicted octanol–water partition coefficient (Wildman–Crippen LogP) is 4.13. The summed E-state index contributed by atoms with van der Waals surface area (Å²) in [5, 5.41) is 7.00. The van der Waals surface area contributed by atoms with Crippen LogP contribution < -0.4 is 14.8 Å². The van der Waals surface area contributed by atoms with Gasteiger partial charge in [0.1, 0.15) is 18.0 Å². The molecule has 0 aliphatic rings. The van der Waals surface area contributed by atoms with Gasteiger partial charge in [-0.05, 0) is 62.0 Å². The molecule has 0 bridgehead atoms. The van der Waals surface area contributed by atoms with Gasteiger partial charge in [0.25, 0.3) is 10.7 Å². The van der Waals surface area contributed by atoms with Crippen molar-refractivity contribution in [1.29, 1.82) is 0 Å². The molecule has 0 aliphatic heterocycles. The van der Waals surface area contributed by atoms with E-state index in [4.69, 9.17) is 26.1 Å². The molecule has 28 heavy (non-hydrogen) atoms. The maximum absolute atomic E-state index is 12.3. The Morgan fingerprint density at radius 1 is 1.18 bits per heavy atom. The first-order valence-electron chi connectivity index (χ1n) is 8.83. The first-order chi connectivity index (χ1) is 13.5. The highest BCUT2D eigenvalue weighted by molar-refractivity contribution is 7.71. The van der Waals surface area contributed by atoms with Gasteiger partial charge in [-0.15, -0.1) is 5.10 Å². The van der Waals surface area contributed by atoms with E-state index in [1.165, 1.54) is 4.68 Å². The molecule has 0 radical (unpaired) electrons. The molecule has 2 aromatic carbocycles. The molecule has 0 atom stereocenters. The summed E-state index contributed by atoms with van der Waals surface area (Å²) in [5.41, 5.74) is 1.67. The van der Waals surface area contributed by atoms with Crippen molar-refractivity contribution in [2.75, 3.05) is 11.9 Å². The molecule has 1 N–H and O–H groups in total. The molecule has 7 nitrogen and oxygen atoms in total. The Balaban J connectivity index is 1.57. The van der Waals surface area contributed by atoms with E-state index in [1.54, 1.807) is 24.3 Å². The molecule has 1 aromatic heterocycles. The van der Waals surface area contributed by atoms with Gasteiger partial charge < -0.3 is 19.2 Å². The summed E-state index contributed by atoms with van der Waals surface area (Å²) >= 11 is 5.14. The number of rotatable bonds is 8. The van der Waals surface area contributed by atoms with Crippen molar-refractivity contribution >= 4 is 23.8 Å². The molecule has 1 heterocycles. The Labute approximate surface area is 167 Å². The maximum atomic E-state index is 12.3. The molecule has 3 rings (SSSR count). The van der Waals surface area contributed by atoms with Crippen molar-refractivity contribution < 1.29 is 18.7 Å². The monoisotopic (exact) mass is 399 g/mol. The number of aromatic nitrogens is 2. The highest BCUT2D eigenvalue weighted by Crippen LogP contribution is 2.18. The molecule has 1 amide bonds. The van der Waals surface area contributed by atoms with Crippen LogP contribution in [0.1, 0.15) is 18.4 Å². The summed E-state index contributed by atoms with van der Waals surface area (Å²) in [6.07, 6.45) is 0. The van der Waals surface area contributed by atoms with E-state index in [0.717, 1.165) is 17.1 Å². The zero-order valence-electron chi connectivity index (χ0n) is 15.7. The number of ether oxygens (including phenoxy) is 2. The number of aryl methyl sites for hydroxylation is 1. The standard InChI is InChI=1S/C20H21N3O4S/c1-3-25-16-10-8-15(9-11-16)21-18(24)12-23-20(28)27-19(22-23)13-26-17-7-5-4-6-14(17)2/h4-11H,3,12-13H2,1-2H3,(H,21,24). The van der Waals surface area contributed by atoms with Gasteiger partial charge in [0.2, 0.25) is 5.91 Å². The fraction of sp³-hybridized carbons (Fsp3) is 0.250. The van der Waals surface area contributed by atoms with Crippen molar-refractivity contribution in [3.63, 3.8) is 0 Å². The zero-order chi connectivity index (χ0) is 19.9. The second kappa shape index (κ2) is 9.18. The summed E-state index contributed by atoms with van der Waals surface area (Å²) in [4.78, 5) is 12.4. The third kappa shape index (κ3) is 5.20. The number of benzene rings is 2. The van der Waals surface area contributed by atoms with E-state index in [1.807, 2.05) is 38.1 Å². The minimum atomic E-state index is -0.264. The van der Waals surface area contributed by atoms with Crippen LogP contribution >= 0.6 is 12.2 Å². The largest absolute Gasteiger partial charge is 0.494 e. The van der Waals surface area contributed by atoms with Crippen LogP contribution in [-0.4, -0.2) is 22.3 Å². The Morgan fingerprint density at radius 3 is 2.64 bits per heavy atom. The summed E-state index contributed by atoms with van der Waals surface area (Å²) in [6, 6.07) is 14.8. The lowest BCUT2D eigenvalue weighted by Gasteiger charge is -2.07. The van der Waals surface area contributed by atoms with Gasteiger partial charge >= 0.3 is 0 Å². The fourth-order valence-electron chi connectivity index (χ4n) is 2.50. The maximum Gasteiger partial charge on any atom is 0.287 e. The number of amides is 1. The van der Waals surface area contributed by atoms with E-state index in [0.29, 0.717) is 18.2 Å². The molecular weight excluding hydrogens is 378 g/mol. The first kappa shape index (κ1) is 19.6. The predicted molar refractivity (Wildman–Crippen MR) is 107 cm³/mol. The van der Waals surface area contributed by atoms with Crippen LogP contribution in [0, 0.1) is 11.8 Å². The number of nitrogens with zero attached hydrogens (tertiary/aromatic N) is 2. The average molecular weight is 399 g/mol. The average Bonchev–Trinajstić information content (AvgIpc) is 3.02. The van der Waals surface area contributed by atoms with Crippen LogP contribution in [0.25, 0.3) is 0 Å². The van der Waals surface area contributed by atoms with Crippen LogP contribution in [0.4, 0.5) is 5.69 Å². The smallest absolute Gasteiger partial charge is 0.287 e. The van der Waals surface area contributed by atoms with Gasteiger partial charge in [-0.2, -0.15) is 0 Å². The lowest BCUT2D eigenvalue weighted by atomic mass is 10.2. The van der Waals surface area contributed by atoms with E-state index in [2.05, 4.69) is 10.4 Å². The molecule has 0 spiro atoms. The molecule has 0 saturated carbocycles. The summed E-state index contributed by atoms with van der Waals surface area (Å²) in [6.45, 7) is 4.53. The van der Waals surface area contributed by atoms with Gasteiger partial charge in [0.15, 0.2) is 6.61 Å². The van der Waals surface area contributed by atoms with E-state index in [9.17, 15) is 4.79 Å². The number of carbonyl (C=O) groups is 1. The van der Waals surface area contributed by atoms with Crippen LogP contribution in [0.5, 0.6) is 11.5 Å². The van der Waals surface area contributed by atoms with Gasteiger partial charge in [-0.25, -0.2) is 4.68 Å². The molecule has 0 unspecified atom stereocenters. The van der Waals surface area contributed by atoms with E-state index >= 15 is 0 Å². The lowest BCUT2D eigenvalue weighted by molar-refractivity contribution is -0.117. The lowest BCUT2D eigenvalue weighted by Crippen LogP contribution is -2.19. The topological polar surface area (TPSA) is 78.5 Å². The number of anilines is 1. The van der Waals surface area contributed by atoms with Crippen molar-refractivity contribution in [2.24, 2.45) is 0 Å². The van der Waals surface area contributed by atoms with Crippen LogP contribution in [0.2, 0.25) is 0 Å². The second-order valence-corrected chi connectivity index (χ2v) is 6.33. The highest BCUT2D eigenvalue weighted by atomic mass is 32.1. The molecular formula is C20H21N3O4S. The quantitative estimate of drug-likeness (QED) is 0.574. The molecule has 8 heteroatoms. The second-order valence-electron chi connectivity index (χ2n) is 5.98. The normalized spacial score (nSPS) is 10.5. The SMILES string of the molecule is CCOc1ccc(NC(=O)Cn2nc(COc3ccccc3C)oc2=S)cc1. The number of para-hydroxylation sites is 1. The van der Waals surface area contributed by atoms with E-state index in [-0.39, 0.29) is 23.9 Å². The van der Waals surface area contributed by atoms with Crippen LogP contribution in [-0.2, 0) is 17.9 Å². The highest BCUT2D eigenvalue weighted by Gasteiger charge is 2.11. The Morgan fingerprint density at radius 2 is 1.93 bits per heavy atom. The zero-order valence-corrected chi connectivity index (χ0v) is 16.5. The van der Waals surface area contributed by atoms with Crippen LogP contribution in [0.3, 0.4) is 0 Å². The third-order valence-electron chi connectivity index (χ3n) is 3.84. The van der Waals surface area contributed by atoms with Gasteiger partial charge in [-0.3, -0.25) is 4.79 Å². The number of hydrogen-bond donors (Lipinski definition) is 1. The Hall–Kier alpha value is -3.13. The van der Waals surface area contributed by atoms with Crippen molar-refractivity contribution in [3.05, 3.63) is 64.8 Å². The number of carbonyl (C=O) groups excluding carboxylic acids is 1. The fourth-order valence-corrected chi connectivity index (χ4v) is 2.70. The number of nitrogens with one attached hydrogen (secondary N) is 1. The van der Waals surface area contributed by atoms with E-state index < -0.39 is 0 Å². The third-order valence-corrected chi connectivity index (χ3v) is 4.13. The molecule has 0 aliphatic carbocycles. The van der Waals surface area contributed by atoms with Gasteiger partial charge in [-0.1, -0.05) is 18.2 Å². The molecule has 146 valence electrons. The Kier molecular flexibility index (Phi) is 6.44. The van der Waals surface area contributed by atoms with Gasteiger partial charge in [0, 0.05) is 5.69 Å². The molecule has 3 aromatic rings. The summed E-state index contributed by atoms with van der Waals surface area (Å²) in [7, 11) is 0. The first-order valence-corrected chi connectivity index (χ1v) is 9.24. The van der Waals surface area contributed by atoms with Crippen molar-refractivity contribution in [2.45, 2.75) is 27.0 Å². The summed E-state index contributed by atoms with van der Waals surface area (Å²) < 4.78 is 17.8. The Bertz CT molecular complexity index is 995.